The van der Waals surface area contributed by atoms with E-state index in [0.717, 1.165) is 23.5 Å². The highest BCUT2D eigenvalue weighted by molar-refractivity contribution is 6.30. The molecule has 2 aromatic heterocycles. The summed E-state index contributed by atoms with van der Waals surface area (Å²) in [6.45, 7) is 3.68. The van der Waals surface area contributed by atoms with Crippen molar-refractivity contribution < 1.29 is 4.74 Å². The Balaban J connectivity index is 1.70. The van der Waals surface area contributed by atoms with Gasteiger partial charge in [0.25, 0.3) is 5.56 Å². The Morgan fingerprint density at radius 1 is 1.12 bits per heavy atom. The van der Waals surface area contributed by atoms with Crippen LogP contribution in [0.15, 0.2) is 58.1 Å². The van der Waals surface area contributed by atoms with Crippen LogP contribution in [0.25, 0.3) is 11.2 Å². The number of ether oxygens (including phenoxy) is 1. The number of rotatable bonds is 4. The number of anilines is 2. The number of imidazole rings is 1. The number of nitrogens with zero attached hydrogens (tertiary/aromatic N) is 5. The maximum atomic E-state index is 13.6. The van der Waals surface area contributed by atoms with E-state index in [1.54, 1.807) is 26.3 Å². The molecular weight excluding hydrogens is 442 g/mol. The van der Waals surface area contributed by atoms with Crippen LogP contribution in [0.1, 0.15) is 12.5 Å². The SMILES string of the molecule is COc1cccc(N2CC(C)Cn3c2nc2c3c(=O)n(Cc3ccc(Cl)cc3)c(=O)n2C)c1. The van der Waals surface area contributed by atoms with Crippen molar-refractivity contribution in [1.29, 1.82) is 0 Å². The molecule has 4 aromatic rings. The highest BCUT2D eigenvalue weighted by atomic mass is 35.5. The minimum atomic E-state index is -0.404. The Labute approximate surface area is 195 Å². The minimum Gasteiger partial charge on any atom is -0.497 e. The lowest BCUT2D eigenvalue weighted by atomic mass is 10.1. The fraction of sp³-hybridized carbons (Fsp3) is 0.292. The maximum Gasteiger partial charge on any atom is 0.332 e. The third kappa shape index (κ3) is 3.60. The van der Waals surface area contributed by atoms with E-state index in [9.17, 15) is 9.59 Å². The Morgan fingerprint density at radius 2 is 1.88 bits per heavy atom. The third-order valence-electron chi connectivity index (χ3n) is 6.06. The second-order valence-corrected chi connectivity index (χ2v) is 8.91. The van der Waals surface area contributed by atoms with Gasteiger partial charge in [0.1, 0.15) is 5.75 Å². The summed E-state index contributed by atoms with van der Waals surface area (Å²) in [5.74, 6) is 1.65. The third-order valence-corrected chi connectivity index (χ3v) is 6.31. The van der Waals surface area contributed by atoms with Crippen LogP contribution in [0.3, 0.4) is 0 Å². The van der Waals surface area contributed by atoms with Crippen LogP contribution < -0.4 is 20.9 Å². The summed E-state index contributed by atoms with van der Waals surface area (Å²) in [4.78, 5) is 33.5. The Bertz CT molecular complexity index is 1470. The highest BCUT2D eigenvalue weighted by Crippen LogP contribution is 2.34. The van der Waals surface area contributed by atoms with Crippen LogP contribution in [0.4, 0.5) is 11.6 Å². The molecule has 0 fully saturated rings. The van der Waals surface area contributed by atoms with Gasteiger partial charge in [-0.25, -0.2) is 4.79 Å². The predicted octanol–water partition coefficient (Wildman–Crippen LogP) is 3.39. The Hall–Kier alpha value is -3.52. The van der Waals surface area contributed by atoms with Crippen LogP contribution in [0, 0.1) is 5.92 Å². The zero-order chi connectivity index (χ0) is 23.3. The summed E-state index contributed by atoms with van der Waals surface area (Å²) >= 11 is 5.98. The van der Waals surface area contributed by atoms with Gasteiger partial charge in [0.15, 0.2) is 11.2 Å². The van der Waals surface area contributed by atoms with Crippen LogP contribution in [-0.4, -0.2) is 32.3 Å². The van der Waals surface area contributed by atoms with Gasteiger partial charge in [-0.2, -0.15) is 4.98 Å². The van der Waals surface area contributed by atoms with Crippen molar-refractivity contribution in [1.82, 2.24) is 18.7 Å². The quantitative estimate of drug-likeness (QED) is 0.462. The summed E-state index contributed by atoms with van der Waals surface area (Å²) in [7, 11) is 3.28. The molecule has 8 nitrogen and oxygen atoms in total. The van der Waals surface area contributed by atoms with Crippen molar-refractivity contribution in [3.05, 3.63) is 80.0 Å². The average Bonchev–Trinajstić information content (AvgIpc) is 3.20. The summed E-state index contributed by atoms with van der Waals surface area (Å²) in [6.07, 6.45) is 0. The lowest BCUT2D eigenvalue weighted by molar-refractivity contribution is 0.414. The van der Waals surface area contributed by atoms with E-state index in [1.807, 2.05) is 41.0 Å². The number of benzene rings is 2. The lowest BCUT2D eigenvalue weighted by Gasteiger charge is -2.33. The molecule has 3 heterocycles. The maximum absolute atomic E-state index is 13.6. The van der Waals surface area contributed by atoms with Gasteiger partial charge < -0.3 is 14.2 Å². The molecule has 0 N–H and O–H groups in total. The normalized spacial score (nSPS) is 15.6. The summed E-state index contributed by atoms with van der Waals surface area (Å²) in [5.41, 5.74) is 1.81. The molecule has 1 unspecified atom stereocenters. The van der Waals surface area contributed by atoms with E-state index in [2.05, 4.69) is 11.8 Å². The first-order chi connectivity index (χ1) is 15.9. The number of methoxy groups -OCH3 is 1. The van der Waals surface area contributed by atoms with Gasteiger partial charge in [-0.3, -0.25) is 13.9 Å². The van der Waals surface area contributed by atoms with Crippen LogP contribution in [-0.2, 0) is 20.1 Å². The van der Waals surface area contributed by atoms with Crippen LogP contribution in [0.5, 0.6) is 5.75 Å². The molecule has 0 radical (unpaired) electrons. The van der Waals surface area contributed by atoms with E-state index in [1.165, 1.54) is 9.13 Å². The molecule has 0 spiro atoms. The largest absolute Gasteiger partial charge is 0.497 e. The lowest BCUT2D eigenvalue weighted by Crippen LogP contribution is -2.40. The molecule has 1 aliphatic rings. The van der Waals surface area contributed by atoms with Crippen molar-refractivity contribution in [3.8, 4) is 5.75 Å². The Morgan fingerprint density at radius 3 is 2.61 bits per heavy atom. The monoisotopic (exact) mass is 465 g/mol. The zero-order valence-electron chi connectivity index (χ0n) is 18.7. The first kappa shape index (κ1) is 21.3. The zero-order valence-corrected chi connectivity index (χ0v) is 19.4. The molecule has 0 saturated carbocycles. The molecule has 0 saturated heterocycles. The summed E-state index contributed by atoms with van der Waals surface area (Å²) < 4.78 is 10.0. The van der Waals surface area contributed by atoms with Gasteiger partial charge in [0.2, 0.25) is 5.95 Å². The predicted molar refractivity (Wildman–Crippen MR) is 129 cm³/mol. The standard InChI is InChI=1S/C24H24ClN5O3/c1-15-12-28(18-5-4-6-19(11-18)33-3)23-26-21-20(29(23)13-15)22(31)30(24(32)27(21)2)14-16-7-9-17(25)10-8-16/h4-11,15H,12-14H2,1-3H3. The number of hydrogen-bond acceptors (Lipinski definition) is 5. The minimum absolute atomic E-state index is 0.161. The molecule has 2 aromatic carbocycles. The second-order valence-electron chi connectivity index (χ2n) is 8.47. The van der Waals surface area contributed by atoms with Crippen molar-refractivity contribution in [2.45, 2.75) is 20.0 Å². The molecule has 0 aliphatic carbocycles. The van der Waals surface area contributed by atoms with Crippen molar-refractivity contribution >= 4 is 34.4 Å². The number of aromatic nitrogens is 4. The van der Waals surface area contributed by atoms with E-state index in [4.69, 9.17) is 21.3 Å². The molecule has 1 aliphatic heterocycles. The van der Waals surface area contributed by atoms with E-state index < -0.39 is 5.69 Å². The highest BCUT2D eigenvalue weighted by Gasteiger charge is 2.30. The molecule has 0 amide bonds. The number of hydrogen-bond donors (Lipinski definition) is 0. The van der Waals surface area contributed by atoms with Gasteiger partial charge in [-0.15, -0.1) is 0 Å². The van der Waals surface area contributed by atoms with Gasteiger partial charge >= 0.3 is 5.69 Å². The first-order valence-electron chi connectivity index (χ1n) is 10.7. The average molecular weight is 466 g/mol. The van der Waals surface area contributed by atoms with Gasteiger partial charge in [-0.05, 0) is 35.7 Å². The molecule has 0 bridgehead atoms. The summed E-state index contributed by atoms with van der Waals surface area (Å²) in [6, 6.07) is 14.9. The Kier molecular flexibility index (Phi) is 5.25. The first-order valence-corrected chi connectivity index (χ1v) is 11.1. The molecule has 1 atom stereocenters. The van der Waals surface area contributed by atoms with E-state index >= 15 is 0 Å². The van der Waals surface area contributed by atoms with Crippen molar-refractivity contribution in [3.63, 3.8) is 0 Å². The molecular formula is C24H24ClN5O3. The molecule has 33 heavy (non-hydrogen) atoms. The van der Waals surface area contributed by atoms with Crippen LogP contribution >= 0.6 is 11.6 Å². The van der Waals surface area contributed by atoms with Crippen LogP contribution in [0.2, 0.25) is 5.02 Å². The van der Waals surface area contributed by atoms with E-state index in [0.29, 0.717) is 28.7 Å². The molecule has 9 heteroatoms. The van der Waals surface area contributed by atoms with Crippen molar-refractivity contribution in [2.75, 3.05) is 18.6 Å². The molecule has 170 valence electrons. The van der Waals surface area contributed by atoms with Gasteiger partial charge in [-0.1, -0.05) is 36.7 Å². The topological polar surface area (TPSA) is 74.3 Å². The smallest absolute Gasteiger partial charge is 0.332 e. The van der Waals surface area contributed by atoms with Gasteiger partial charge in [0, 0.05) is 36.9 Å². The fourth-order valence-electron chi connectivity index (χ4n) is 4.41. The number of fused-ring (bicyclic) bond motifs is 3. The van der Waals surface area contributed by atoms with Crippen molar-refractivity contribution in [2.24, 2.45) is 13.0 Å². The molecule has 5 rings (SSSR count). The van der Waals surface area contributed by atoms with Gasteiger partial charge in [0.05, 0.1) is 13.7 Å². The summed E-state index contributed by atoms with van der Waals surface area (Å²) in [5, 5.41) is 0.603. The number of halogens is 1. The second kappa shape index (κ2) is 8.12. The fourth-order valence-corrected chi connectivity index (χ4v) is 4.54. The van der Waals surface area contributed by atoms with E-state index in [-0.39, 0.29) is 18.0 Å². The number of aryl methyl sites for hydroxylation is 1.